The van der Waals surface area contributed by atoms with Crippen molar-refractivity contribution in [3.8, 4) is 5.75 Å². The van der Waals surface area contributed by atoms with Crippen LogP contribution in [0.1, 0.15) is 67.1 Å². The largest absolute Gasteiger partial charge is 0.496 e. The average molecular weight is 574 g/mol. The number of nitrogens with two attached hydrogens (primary N) is 1. The molecule has 0 saturated heterocycles. The maximum atomic E-state index is 13.4. The standard InChI is InChI=1S/C30H38F3N5O3/c1-17(21-12-22(30(31,32)33)14-23(34)13-21)35-28-25-15-24(27(41-5)16-26(25)36-18(2)37-28)19-6-8-20(9-7-19)29(39)38(3)10-11-40-4/h12-17,19-20H,6-11,34H2,1-5H3,(H,35,36,37)/t17-,19-,20+/m1/s1. The van der Waals surface area contributed by atoms with Crippen molar-refractivity contribution in [3.63, 3.8) is 0 Å². The first-order valence-corrected chi connectivity index (χ1v) is 13.8. The number of fused-ring (bicyclic) bond motifs is 1. The first-order chi connectivity index (χ1) is 19.4. The summed E-state index contributed by atoms with van der Waals surface area (Å²) in [5.74, 6) is 2.05. The number of nitrogen functional groups attached to an aromatic ring is 1. The number of anilines is 2. The number of nitrogens with zero attached hydrogens (tertiary/aromatic N) is 3. The maximum absolute atomic E-state index is 13.4. The van der Waals surface area contributed by atoms with E-state index in [1.54, 1.807) is 33.0 Å². The average Bonchev–Trinajstić information content (AvgIpc) is 2.94. The van der Waals surface area contributed by atoms with Crippen molar-refractivity contribution < 1.29 is 27.4 Å². The number of hydrogen-bond donors (Lipinski definition) is 2. The lowest BCUT2D eigenvalue weighted by Crippen LogP contribution is -2.36. The highest BCUT2D eigenvalue weighted by atomic mass is 19.4. The van der Waals surface area contributed by atoms with Crippen LogP contribution >= 0.6 is 0 Å². The smallest absolute Gasteiger partial charge is 0.416 e. The second-order valence-electron chi connectivity index (χ2n) is 10.8. The Morgan fingerprint density at radius 1 is 1.12 bits per heavy atom. The molecule has 1 aliphatic rings. The van der Waals surface area contributed by atoms with Gasteiger partial charge in [-0.2, -0.15) is 13.2 Å². The van der Waals surface area contributed by atoms with E-state index in [4.69, 9.17) is 15.2 Å². The lowest BCUT2D eigenvalue weighted by molar-refractivity contribution is -0.137. The van der Waals surface area contributed by atoms with E-state index in [1.165, 1.54) is 6.07 Å². The summed E-state index contributed by atoms with van der Waals surface area (Å²) >= 11 is 0. The molecule has 11 heteroatoms. The number of aryl methyl sites for hydroxylation is 1. The van der Waals surface area contributed by atoms with E-state index < -0.39 is 17.8 Å². The minimum Gasteiger partial charge on any atom is -0.496 e. The second kappa shape index (κ2) is 12.5. The van der Waals surface area contributed by atoms with Gasteiger partial charge in [-0.05, 0) is 80.8 Å². The number of halogens is 3. The fraction of sp³-hybridized carbons (Fsp3) is 0.500. The van der Waals surface area contributed by atoms with Gasteiger partial charge < -0.3 is 25.4 Å². The minimum atomic E-state index is -4.50. The Bertz CT molecular complexity index is 1390. The van der Waals surface area contributed by atoms with E-state index in [-0.39, 0.29) is 23.4 Å². The van der Waals surface area contributed by atoms with Gasteiger partial charge in [0.15, 0.2) is 0 Å². The Kier molecular flexibility index (Phi) is 9.26. The number of alkyl halides is 3. The molecule has 3 aromatic rings. The van der Waals surface area contributed by atoms with Gasteiger partial charge in [0.25, 0.3) is 0 Å². The van der Waals surface area contributed by atoms with Crippen LogP contribution in [-0.2, 0) is 15.7 Å². The van der Waals surface area contributed by atoms with Crippen molar-refractivity contribution in [3.05, 3.63) is 52.8 Å². The van der Waals surface area contributed by atoms with Crippen LogP contribution in [0.5, 0.6) is 5.75 Å². The second-order valence-corrected chi connectivity index (χ2v) is 10.8. The lowest BCUT2D eigenvalue weighted by atomic mass is 9.77. The molecule has 2 aromatic carbocycles. The summed E-state index contributed by atoms with van der Waals surface area (Å²) in [4.78, 5) is 23.8. The number of methoxy groups -OCH3 is 2. The molecule has 0 radical (unpaired) electrons. The van der Waals surface area contributed by atoms with Crippen LogP contribution in [0.15, 0.2) is 30.3 Å². The van der Waals surface area contributed by atoms with Crippen molar-refractivity contribution >= 4 is 28.3 Å². The summed E-state index contributed by atoms with van der Waals surface area (Å²) in [6.45, 7) is 4.60. The molecule has 1 saturated carbocycles. The number of carbonyl (C=O) groups is 1. The van der Waals surface area contributed by atoms with Gasteiger partial charge in [-0.1, -0.05) is 0 Å². The molecule has 1 heterocycles. The number of ether oxygens (including phenoxy) is 2. The lowest BCUT2D eigenvalue weighted by Gasteiger charge is -2.31. The number of rotatable bonds is 9. The number of benzene rings is 2. The number of likely N-dealkylation sites (N-methyl/N-ethyl adjacent to an activating group) is 1. The molecular formula is C30H38F3N5O3. The zero-order valence-corrected chi connectivity index (χ0v) is 24.1. The third-order valence-corrected chi connectivity index (χ3v) is 7.84. The Hall–Kier alpha value is -3.60. The summed E-state index contributed by atoms with van der Waals surface area (Å²) in [6.07, 6.45) is -1.31. The van der Waals surface area contributed by atoms with Crippen LogP contribution in [0.4, 0.5) is 24.7 Å². The van der Waals surface area contributed by atoms with E-state index in [0.29, 0.717) is 41.6 Å². The molecule has 0 spiro atoms. The molecule has 3 N–H and O–H groups in total. The molecule has 0 bridgehead atoms. The van der Waals surface area contributed by atoms with E-state index in [0.717, 1.165) is 48.8 Å². The highest BCUT2D eigenvalue weighted by molar-refractivity contribution is 5.91. The van der Waals surface area contributed by atoms with Gasteiger partial charge in [0.1, 0.15) is 17.4 Å². The van der Waals surface area contributed by atoms with Crippen molar-refractivity contribution in [1.82, 2.24) is 14.9 Å². The summed E-state index contributed by atoms with van der Waals surface area (Å²) in [5, 5.41) is 4.04. The van der Waals surface area contributed by atoms with Crippen molar-refractivity contribution in [2.24, 2.45) is 5.92 Å². The van der Waals surface area contributed by atoms with Crippen molar-refractivity contribution in [1.29, 1.82) is 0 Å². The monoisotopic (exact) mass is 573 g/mol. The van der Waals surface area contributed by atoms with Crippen LogP contribution in [-0.4, -0.2) is 55.2 Å². The summed E-state index contributed by atoms with van der Waals surface area (Å²) in [6, 6.07) is 6.95. The van der Waals surface area contributed by atoms with Gasteiger partial charge in [0, 0.05) is 43.8 Å². The Balaban J connectivity index is 1.61. The third-order valence-electron chi connectivity index (χ3n) is 7.84. The van der Waals surface area contributed by atoms with Crippen LogP contribution in [0.3, 0.4) is 0 Å². The molecular weight excluding hydrogens is 535 g/mol. The van der Waals surface area contributed by atoms with Gasteiger partial charge in [0.05, 0.1) is 30.8 Å². The predicted molar refractivity (Wildman–Crippen MR) is 153 cm³/mol. The normalized spacial score (nSPS) is 18.2. The number of aromatic nitrogens is 2. The third kappa shape index (κ3) is 7.01. The molecule has 41 heavy (non-hydrogen) atoms. The minimum absolute atomic E-state index is 0.0245. The molecule has 0 unspecified atom stereocenters. The number of hydrogen-bond acceptors (Lipinski definition) is 7. The first-order valence-electron chi connectivity index (χ1n) is 13.8. The fourth-order valence-electron chi connectivity index (χ4n) is 5.58. The van der Waals surface area contributed by atoms with E-state index in [2.05, 4.69) is 15.3 Å². The van der Waals surface area contributed by atoms with E-state index in [9.17, 15) is 18.0 Å². The molecule has 0 aliphatic heterocycles. The van der Waals surface area contributed by atoms with Gasteiger partial charge in [0.2, 0.25) is 5.91 Å². The molecule has 4 rings (SSSR count). The van der Waals surface area contributed by atoms with Gasteiger partial charge in [-0.15, -0.1) is 0 Å². The first kappa shape index (κ1) is 30.4. The van der Waals surface area contributed by atoms with Crippen LogP contribution in [0.25, 0.3) is 10.9 Å². The molecule has 1 atom stereocenters. The van der Waals surface area contributed by atoms with Gasteiger partial charge >= 0.3 is 6.18 Å². The fourth-order valence-corrected chi connectivity index (χ4v) is 5.58. The topological polar surface area (TPSA) is 103 Å². The molecule has 1 aromatic heterocycles. The highest BCUT2D eigenvalue weighted by Gasteiger charge is 2.32. The zero-order chi connectivity index (χ0) is 29.9. The summed E-state index contributed by atoms with van der Waals surface area (Å²) < 4.78 is 51.1. The number of nitrogens with one attached hydrogen (secondary N) is 1. The number of carbonyl (C=O) groups excluding carboxylic acids is 1. The molecule has 222 valence electrons. The van der Waals surface area contributed by atoms with Crippen LogP contribution < -0.4 is 15.8 Å². The van der Waals surface area contributed by atoms with E-state index in [1.807, 2.05) is 19.2 Å². The molecule has 1 fully saturated rings. The maximum Gasteiger partial charge on any atom is 0.416 e. The molecule has 1 amide bonds. The van der Waals surface area contributed by atoms with E-state index >= 15 is 0 Å². The highest BCUT2D eigenvalue weighted by Crippen LogP contribution is 2.42. The Morgan fingerprint density at radius 2 is 1.83 bits per heavy atom. The van der Waals surface area contributed by atoms with Gasteiger partial charge in [-0.3, -0.25) is 4.79 Å². The zero-order valence-electron chi connectivity index (χ0n) is 24.1. The van der Waals surface area contributed by atoms with Crippen LogP contribution in [0, 0.1) is 12.8 Å². The Labute approximate surface area is 238 Å². The van der Waals surface area contributed by atoms with Gasteiger partial charge in [-0.25, -0.2) is 9.97 Å². The molecule has 8 nitrogen and oxygen atoms in total. The molecule has 1 aliphatic carbocycles. The van der Waals surface area contributed by atoms with Crippen molar-refractivity contribution in [2.45, 2.75) is 57.7 Å². The predicted octanol–water partition coefficient (Wildman–Crippen LogP) is 6.10. The SMILES string of the molecule is COCCN(C)C(=O)[C@H]1CC[C@@H](c2cc3c(N[C@H](C)c4cc(N)cc(C(F)(F)F)c4)nc(C)nc3cc2OC)CC1. The quantitative estimate of drug-likeness (QED) is 0.298. The van der Waals surface area contributed by atoms with Crippen LogP contribution in [0.2, 0.25) is 0 Å². The summed E-state index contributed by atoms with van der Waals surface area (Å²) in [7, 11) is 5.05. The summed E-state index contributed by atoms with van der Waals surface area (Å²) in [5.41, 5.74) is 7.12. The van der Waals surface area contributed by atoms with Crippen molar-refractivity contribution in [2.75, 3.05) is 45.5 Å². The Morgan fingerprint density at radius 3 is 2.46 bits per heavy atom. The number of amides is 1.